The molecule has 0 amide bonds. The van der Waals surface area contributed by atoms with Crippen molar-refractivity contribution in [3.8, 4) is 0 Å². The van der Waals surface area contributed by atoms with Gasteiger partial charge in [0.05, 0.1) is 0 Å². The molecule has 1 fully saturated rings. The zero-order valence-corrected chi connectivity index (χ0v) is 12.4. The quantitative estimate of drug-likeness (QED) is 0.787. The predicted octanol–water partition coefficient (Wildman–Crippen LogP) is 4.45. The highest BCUT2D eigenvalue weighted by atomic mass is 32.1. The van der Waals surface area contributed by atoms with E-state index in [0.717, 1.165) is 18.4 Å². The lowest BCUT2D eigenvalue weighted by atomic mass is 9.93. The van der Waals surface area contributed by atoms with Crippen LogP contribution in [0.15, 0.2) is 6.07 Å². The Morgan fingerprint density at radius 1 is 1.41 bits per heavy atom. The van der Waals surface area contributed by atoms with Crippen molar-refractivity contribution in [2.75, 3.05) is 6.54 Å². The van der Waals surface area contributed by atoms with Crippen LogP contribution in [-0.4, -0.2) is 6.54 Å². The molecule has 1 aromatic rings. The average molecular weight is 251 g/mol. The van der Waals surface area contributed by atoms with Gasteiger partial charge in [0.2, 0.25) is 0 Å². The molecule has 2 unspecified atom stereocenters. The van der Waals surface area contributed by atoms with Crippen LogP contribution in [-0.2, 0) is 0 Å². The highest BCUT2D eigenvalue weighted by molar-refractivity contribution is 7.12. The van der Waals surface area contributed by atoms with Crippen molar-refractivity contribution in [2.24, 2.45) is 11.8 Å². The second kappa shape index (κ2) is 5.53. The molecule has 0 saturated heterocycles. The molecule has 1 aliphatic rings. The van der Waals surface area contributed by atoms with Gasteiger partial charge in [0.25, 0.3) is 0 Å². The highest BCUT2D eigenvalue weighted by Crippen LogP contribution is 2.44. The first-order valence-corrected chi connectivity index (χ1v) is 7.75. The Labute approximate surface area is 110 Å². The molecule has 0 aliphatic heterocycles. The molecule has 0 aromatic carbocycles. The van der Waals surface area contributed by atoms with Gasteiger partial charge in [-0.25, -0.2) is 0 Å². The zero-order valence-electron chi connectivity index (χ0n) is 11.5. The molecule has 96 valence electrons. The van der Waals surface area contributed by atoms with Crippen molar-refractivity contribution in [1.29, 1.82) is 0 Å². The summed E-state index contributed by atoms with van der Waals surface area (Å²) in [4.78, 5) is 3.03. The van der Waals surface area contributed by atoms with Crippen LogP contribution >= 0.6 is 11.3 Å². The molecule has 1 heterocycles. The van der Waals surface area contributed by atoms with Crippen LogP contribution in [0.5, 0.6) is 0 Å². The molecule has 1 aromatic heterocycles. The van der Waals surface area contributed by atoms with Crippen molar-refractivity contribution in [1.82, 2.24) is 5.32 Å². The third-order valence-corrected chi connectivity index (χ3v) is 5.10. The standard InChI is InChI=1S/C15H25NS/c1-5-8-16-14(12(4)13-6-7-13)15-10(2)9-11(3)17-15/h9,12-14,16H,5-8H2,1-4H3. The molecule has 2 rings (SSSR count). The lowest BCUT2D eigenvalue weighted by molar-refractivity contribution is 0.353. The van der Waals surface area contributed by atoms with Gasteiger partial charge in [-0.15, -0.1) is 11.3 Å². The van der Waals surface area contributed by atoms with Crippen LogP contribution in [0.3, 0.4) is 0 Å². The van der Waals surface area contributed by atoms with Gasteiger partial charge in [0.1, 0.15) is 0 Å². The van der Waals surface area contributed by atoms with Crippen LogP contribution in [0.2, 0.25) is 0 Å². The van der Waals surface area contributed by atoms with E-state index in [1.165, 1.54) is 29.7 Å². The van der Waals surface area contributed by atoms with E-state index in [9.17, 15) is 0 Å². The number of rotatable bonds is 6. The fourth-order valence-electron chi connectivity index (χ4n) is 2.68. The molecular weight excluding hydrogens is 226 g/mol. The summed E-state index contributed by atoms with van der Waals surface area (Å²) in [7, 11) is 0. The van der Waals surface area contributed by atoms with Gasteiger partial charge in [0, 0.05) is 15.8 Å². The van der Waals surface area contributed by atoms with Crippen molar-refractivity contribution in [3.63, 3.8) is 0 Å². The highest BCUT2D eigenvalue weighted by Gasteiger charge is 2.34. The monoisotopic (exact) mass is 251 g/mol. The van der Waals surface area contributed by atoms with E-state index in [0.29, 0.717) is 6.04 Å². The molecule has 1 nitrogen and oxygen atoms in total. The third-order valence-electron chi connectivity index (χ3n) is 3.87. The van der Waals surface area contributed by atoms with Gasteiger partial charge in [0.15, 0.2) is 0 Å². The van der Waals surface area contributed by atoms with Crippen molar-refractivity contribution in [3.05, 3.63) is 21.4 Å². The fourth-order valence-corrected chi connectivity index (χ4v) is 3.91. The van der Waals surface area contributed by atoms with E-state index in [2.05, 4.69) is 39.1 Å². The molecule has 2 atom stereocenters. The number of nitrogens with one attached hydrogen (secondary N) is 1. The second-order valence-corrected chi connectivity index (χ2v) is 6.82. The lowest BCUT2D eigenvalue weighted by Crippen LogP contribution is -2.28. The summed E-state index contributed by atoms with van der Waals surface area (Å²) in [6.07, 6.45) is 4.10. The van der Waals surface area contributed by atoms with Gasteiger partial charge in [-0.2, -0.15) is 0 Å². The van der Waals surface area contributed by atoms with E-state index in [1.807, 2.05) is 11.3 Å². The van der Waals surface area contributed by atoms with Crippen LogP contribution in [0, 0.1) is 25.7 Å². The maximum absolute atomic E-state index is 3.77. The molecule has 17 heavy (non-hydrogen) atoms. The van der Waals surface area contributed by atoms with E-state index in [-0.39, 0.29) is 0 Å². The summed E-state index contributed by atoms with van der Waals surface area (Å²) >= 11 is 1.98. The van der Waals surface area contributed by atoms with E-state index in [4.69, 9.17) is 0 Å². The van der Waals surface area contributed by atoms with Crippen LogP contribution < -0.4 is 5.32 Å². The summed E-state index contributed by atoms with van der Waals surface area (Å²) < 4.78 is 0. The summed E-state index contributed by atoms with van der Waals surface area (Å²) in [5.41, 5.74) is 1.48. The SMILES string of the molecule is CCCNC(c1sc(C)cc1C)C(C)C1CC1. The number of aryl methyl sites for hydroxylation is 2. The molecule has 0 bridgehead atoms. The Hall–Kier alpha value is -0.340. The number of thiophene rings is 1. The summed E-state index contributed by atoms with van der Waals surface area (Å²) in [6, 6.07) is 2.92. The lowest BCUT2D eigenvalue weighted by Gasteiger charge is -2.25. The average Bonchev–Trinajstić information content (AvgIpc) is 3.06. The van der Waals surface area contributed by atoms with Gasteiger partial charge >= 0.3 is 0 Å². The van der Waals surface area contributed by atoms with Crippen molar-refractivity contribution < 1.29 is 0 Å². The largest absolute Gasteiger partial charge is 0.309 e. The van der Waals surface area contributed by atoms with Crippen LogP contribution in [0.4, 0.5) is 0 Å². The van der Waals surface area contributed by atoms with E-state index < -0.39 is 0 Å². The minimum absolute atomic E-state index is 0.584. The number of hydrogen-bond donors (Lipinski definition) is 1. The van der Waals surface area contributed by atoms with E-state index in [1.54, 1.807) is 4.88 Å². The fraction of sp³-hybridized carbons (Fsp3) is 0.733. The summed E-state index contributed by atoms with van der Waals surface area (Å²) in [6.45, 7) is 10.3. The Kier molecular flexibility index (Phi) is 4.26. The van der Waals surface area contributed by atoms with Crippen molar-refractivity contribution in [2.45, 2.75) is 53.0 Å². The van der Waals surface area contributed by atoms with Crippen LogP contribution in [0.1, 0.15) is 54.5 Å². The molecule has 1 N–H and O–H groups in total. The third kappa shape index (κ3) is 3.11. The van der Waals surface area contributed by atoms with E-state index >= 15 is 0 Å². The molecule has 1 aliphatic carbocycles. The predicted molar refractivity (Wildman–Crippen MR) is 76.7 cm³/mol. The second-order valence-electron chi connectivity index (χ2n) is 5.53. The molecular formula is C15H25NS. The Morgan fingerprint density at radius 3 is 2.59 bits per heavy atom. The molecule has 2 heteroatoms. The molecule has 0 radical (unpaired) electrons. The van der Waals surface area contributed by atoms with Gasteiger partial charge in [-0.1, -0.05) is 13.8 Å². The van der Waals surface area contributed by atoms with Crippen molar-refractivity contribution >= 4 is 11.3 Å². The summed E-state index contributed by atoms with van der Waals surface area (Å²) in [5.74, 6) is 1.75. The zero-order chi connectivity index (χ0) is 12.4. The first kappa shape index (κ1) is 13.1. The van der Waals surface area contributed by atoms with Gasteiger partial charge in [-0.05, 0) is 63.1 Å². The maximum atomic E-state index is 3.77. The summed E-state index contributed by atoms with van der Waals surface area (Å²) in [5, 5.41) is 3.77. The molecule has 1 saturated carbocycles. The molecule has 0 spiro atoms. The Morgan fingerprint density at radius 2 is 2.12 bits per heavy atom. The minimum atomic E-state index is 0.584. The topological polar surface area (TPSA) is 12.0 Å². The first-order valence-electron chi connectivity index (χ1n) is 6.93. The Bertz CT molecular complexity index is 365. The first-order chi connectivity index (χ1) is 8.13. The van der Waals surface area contributed by atoms with Gasteiger partial charge < -0.3 is 5.32 Å². The number of hydrogen-bond acceptors (Lipinski definition) is 2. The van der Waals surface area contributed by atoms with Gasteiger partial charge in [-0.3, -0.25) is 0 Å². The minimum Gasteiger partial charge on any atom is -0.309 e. The van der Waals surface area contributed by atoms with Crippen LogP contribution in [0.25, 0.3) is 0 Å². The maximum Gasteiger partial charge on any atom is 0.0446 e. The normalized spacial score (nSPS) is 19.3. The Balaban J connectivity index is 2.15. The smallest absolute Gasteiger partial charge is 0.0446 e.